The summed E-state index contributed by atoms with van der Waals surface area (Å²) < 4.78 is 0. The molecule has 0 saturated carbocycles. The molecule has 6 nitrogen and oxygen atoms in total. The van der Waals surface area contributed by atoms with Gasteiger partial charge >= 0.3 is 5.97 Å². The van der Waals surface area contributed by atoms with Crippen LogP contribution < -0.4 is 0 Å². The van der Waals surface area contributed by atoms with Crippen LogP contribution in [-0.4, -0.2) is 33.3 Å². The molecule has 1 aromatic heterocycles. The summed E-state index contributed by atoms with van der Waals surface area (Å²) in [5.74, 6) is -2.41. The van der Waals surface area contributed by atoms with Gasteiger partial charge in [0.05, 0.1) is 11.4 Å². The van der Waals surface area contributed by atoms with E-state index in [1.165, 1.54) is 6.08 Å². The van der Waals surface area contributed by atoms with Gasteiger partial charge in [-0.25, -0.2) is 4.99 Å². The minimum Gasteiger partial charge on any atom is -0.480 e. The lowest BCUT2D eigenvalue weighted by Gasteiger charge is -2.29. The Morgan fingerprint density at radius 2 is 1.42 bits per heavy atom. The van der Waals surface area contributed by atoms with Crippen LogP contribution in [0, 0.1) is 5.41 Å². The first-order valence-corrected chi connectivity index (χ1v) is 9.66. The molecule has 4 rings (SSSR count). The number of hydrogen-bond donors (Lipinski definition) is 1. The van der Waals surface area contributed by atoms with Crippen LogP contribution in [0.25, 0.3) is 0 Å². The van der Waals surface area contributed by atoms with E-state index in [9.17, 15) is 19.5 Å². The molecule has 0 amide bonds. The quantitative estimate of drug-likeness (QED) is 0.489. The van der Waals surface area contributed by atoms with Gasteiger partial charge in [-0.2, -0.15) is 0 Å². The van der Waals surface area contributed by atoms with Crippen LogP contribution in [0.15, 0.2) is 102 Å². The van der Waals surface area contributed by atoms with Crippen LogP contribution in [0.2, 0.25) is 0 Å². The Balaban J connectivity index is 1.89. The van der Waals surface area contributed by atoms with Gasteiger partial charge in [0.15, 0.2) is 11.2 Å². The lowest BCUT2D eigenvalue weighted by atomic mass is 9.73. The number of ketones is 2. The Hall–Kier alpha value is -4.19. The number of nitrogens with zero attached hydrogens (tertiary/aromatic N) is 2. The third-order valence-corrected chi connectivity index (χ3v) is 5.14. The fourth-order valence-electron chi connectivity index (χ4n) is 3.53. The van der Waals surface area contributed by atoms with Crippen LogP contribution in [0.4, 0.5) is 0 Å². The molecule has 31 heavy (non-hydrogen) atoms. The van der Waals surface area contributed by atoms with Gasteiger partial charge in [-0.1, -0.05) is 66.7 Å². The van der Waals surface area contributed by atoms with E-state index in [0.29, 0.717) is 11.3 Å². The zero-order chi connectivity index (χ0) is 21.8. The lowest BCUT2D eigenvalue weighted by Crippen LogP contribution is -2.42. The SMILES string of the molecule is O=C(C1=CC(C(=O)O)(C(=O)c2ccccc2)CC(c2ccccn2)=N1)c1ccccc1. The van der Waals surface area contributed by atoms with Gasteiger partial charge < -0.3 is 5.11 Å². The minimum atomic E-state index is -1.98. The molecule has 6 heteroatoms. The van der Waals surface area contributed by atoms with E-state index in [4.69, 9.17) is 0 Å². The van der Waals surface area contributed by atoms with Crippen LogP contribution in [0.3, 0.4) is 0 Å². The Labute approximate surface area is 178 Å². The van der Waals surface area contributed by atoms with Crippen LogP contribution in [-0.2, 0) is 4.79 Å². The molecular weight excluding hydrogens is 392 g/mol. The number of carboxylic acid groups (broad SMARTS) is 1. The topological polar surface area (TPSA) is 96.7 Å². The van der Waals surface area contributed by atoms with Crippen LogP contribution in [0.5, 0.6) is 0 Å². The normalized spacial score (nSPS) is 17.9. The van der Waals surface area contributed by atoms with E-state index >= 15 is 0 Å². The van der Waals surface area contributed by atoms with E-state index < -0.39 is 23.0 Å². The molecule has 0 radical (unpaired) electrons. The molecular formula is C25H18N2O4. The van der Waals surface area contributed by atoms with Gasteiger partial charge in [-0.05, 0) is 18.2 Å². The van der Waals surface area contributed by atoms with E-state index in [-0.39, 0.29) is 23.4 Å². The predicted molar refractivity (Wildman–Crippen MR) is 115 cm³/mol. The highest BCUT2D eigenvalue weighted by molar-refractivity contribution is 6.21. The van der Waals surface area contributed by atoms with Gasteiger partial charge in [0.2, 0.25) is 5.78 Å². The van der Waals surface area contributed by atoms with E-state index in [0.717, 1.165) is 0 Å². The zero-order valence-corrected chi connectivity index (χ0v) is 16.4. The maximum absolute atomic E-state index is 13.4. The maximum atomic E-state index is 13.4. The average molecular weight is 410 g/mol. The summed E-state index contributed by atoms with van der Waals surface area (Å²) in [6.45, 7) is 0. The number of carbonyl (C=O) groups excluding carboxylic acids is 2. The van der Waals surface area contributed by atoms with Gasteiger partial charge in [0, 0.05) is 23.7 Å². The van der Waals surface area contributed by atoms with E-state index in [1.54, 1.807) is 85.1 Å². The number of hydrogen-bond acceptors (Lipinski definition) is 5. The Kier molecular flexibility index (Phi) is 5.37. The molecule has 2 heterocycles. The molecule has 0 spiro atoms. The third kappa shape index (κ3) is 3.83. The van der Waals surface area contributed by atoms with Gasteiger partial charge in [0.1, 0.15) is 5.70 Å². The number of aromatic nitrogens is 1. The van der Waals surface area contributed by atoms with Crippen molar-refractivity contribution >= 4 is 23.2 Å². The second-order valence-electron chi connectivity index (χ2n) is 7.15. The minimum absolute atomic E-state index is 0.0928. The third-order valence-electron chi connectivity index (χ3n) is 5.14. The number of allylic oxidation sites excluding steroid dienone is 1. The highest BCUT2D eigenvalue weighted by Gasteiger charge is 2.48. The largest absolute Gasteiger partial charge is 0.480 e. The van der Waals surface area contributed by atoms with Crippen LogP contribution in [0.1, 0.15) is 32.8 Å². The highest BCUT2D eigenvalue weighted by atomic mass is 16.4. The molecule has 152 valence electrons. The molecule has 1 N–H and O–H groups in total. The summed E-state index contributed by atoms with van der Waals surface area (Å²) in [6.07, 6.45) is 2.53. The number of pyridine rings is 1. The van der Waals surface area contributed by atoms with Crippen molar-refractivity contribution in [1.82, 2.24) is 4.98 Å². The van der Waals surface area contributed by atoms with Gasteiger partial charge in [-0.3, -0.25) is 19.4 Å². The molecule has 1 unspecified atom stereocenters. The summed E-state index contributed by atoms with van der Waals surface area (Å²) in [7, 11) is 0. The molecule has 0 aliphatic carbocycles. The van der Waals surface area contributed by atoms with E-state index in [1.807, 2.05) is 0 Å². The molecule has 0 fully saturated rings. The average Bonchev–Trinajstić information content (AvgIpc) is 2.84. The molecule has 2 aromatic carbocycles. The second kappa shape index (κ2) is 8.28. The summed E-state index contributed by atoms with van der Waals surface area (Å²) in [5, 5.41) is 10.2. The van der Waals surface area contributed by atoms with Crippen molar-refractivity contribution in [1.29, 1.82) is 0 Å². The number of aliphatic imine (C=N–C) groups is 1. The summed E-state index contributed by atoms with van der Waals surface area (Å²) in [4.78, 5) is 47.8. The Morgan fingerprint density at radius 3 is 2.00 bits per heavy atom. The number of Topliss-reactive ketones (excluding diaryl/α,β-unsaturated/α-hetero) is 2. The molecule has 1 aliphatic heterocycles. The second-order valence-corrected chi connectivity index (χ2v) is 7.15. The van der Waals surface area contributed by atoms with Crippen LogP contribution >= 0.6 is 0 Å². The molecule has 3 aromatic rings. The Morgan fingerprint density at radius 1 is 0.806 bits per heavy atom. The molecule has 1 atom stereocenters. The summed E-state index contributed by atoms with van der Waals surface area (Å²) in [6, 6.07) is 21.8. The molecule has 1 aliphatic rings. The van der Waals surface area contributed by atoms with Crippen molar-refractivity contribution in [3.63, 3.8) is 0 Å². The van der Waals surface area contributed by atoms with Gasteiger partial charge in [0.25, 0.3) is 0 Å². The number of carbonyl (C=O) groups is 3. The summed E-state index contributed by atoms with van der Waals surface area (Å²) in [5.41, 5.74) is -0.782. The smallest absolute Gasteiger partial charge is 0.322 e. The first-order valence-electron chi connectivity index (χ1n) is 9.66. The number of rotatable bonds is 6. The number of aliphatic carboxylic acids is 1. The fraction of sp³-hybridized carbons (Fsp3) is 0.0800. The standard InChI is InChI=1S/C25H18N2O4/c28-22(17-9-3-1-4-10-17)21-16-25(24(30)31,23(29)18-11-5-2-6-12-18)15-20(27-21)19-13-7-8-14-26-19/h1-14,16H,15H2,(H,30,31). The fourth-order valence-corrected chi connectivity index (χ4v) is 3.53. The maximum Gasteiger partial charge on any atom is 0.322 e. The predicted octanol–water partition coefficient (Wildman–Crippen LogP) is 4.00. The first kappa shape index (κ1) is 20.1. The van der Waals surface area contributed by atoms with Gasteiger partial charge in [-0.15, -0.1) is 0 Å². The lowest BCUT2D eigenvalue weighted by molar-refractivity contribution is -0.143. The molecule has 0 saturated heterocycles. The van der Waals surface area contributed by atoms with Crippen molar-refractivity contribution in [2.24, 2.45) is 10.4 Å². The van der Waals surface area contributed by atoms with Crippen molar-refractivity contribution in [2.75, 3.05) is 0 Å². The number of carboxylic acids is 1. The van der Waals surface area contributed by atoms with E-state index in [2.05, 4.69) is 9.98 Å². The zero-order valence-electron chi connectivity index (χ0n) is 16.4. The monoisotopic (exact) mass is 410 g/mol. The summed E-state index contributed by atoms with van der Waals surface area (Å²) >= 11 is 0. The number of benzene rings is 2. The first-order chi connectivity index (χ1) is 15.0. The van der Waals surface area contributed by atoms with Crippen molar-refractivity contribution in [3.05, 3.63) is 114 Å². The highest BCUT2D eigenvalue weighted by Crippen LogP contribution is 2.37. The van der Waals surface area contributed by atoms with Crippen molar-refractivity contribution < 1.29 is 19.5 Å². The van der Waals surface area contributed by atoms with Crippen molar-refractivity contribution in [2.45, 2.75) is 6.42 Å². The Bertz CT molecular complexity index is 1200. The molecule has 0 bridgehead atoms. The van der Waals surface area contributed by atoms with Crippen molar-refractivity contribution in [3.8, 4) is 0 Å².